The molecule has 1 aromatic rings. The van der Waals surface area contributed by atoms with E-state index < -0.39 is 26.6 Å². The summed E-state index contributed by atoms with van der Waals surface area (Å²) >= 11 is 0. The monoisotopic (exact) mass is 355 g/mol. The van der Waals surface area contributed by atoms with Gasteiger partial charge in [0.25, 0.3) is 0 Å². The number of β-amino-alcohol motifs (C(OH)–C–C–N with tert-alkyl or cyclic N) is 1. The molecule has 1 amide bonds. The van der Waals surface area contributed by atoms with E-state index in [0.717, 1.165) is 0 Å². The van der Waals surface area contributed by atoms with Crippen molar-refractivity contribution in [2.24, 2.45) is 0 Å². The van der Waals surface area contributed by atoms with E-state index in [-0.39, 0.29) is 30.6 Å². The molecule has 1 atom stereocenters. The minimum atomic E-state index is -3.20. The van der Waals surface area contributed by atoms with Gasteiger partial charge in [0.15, 0.2) is 9.84 Å². The Bertz CT molecular complexity index is 760. The van der Waals surface area contributed by atoms with Crippen molar-refractivity contribution in [2.75, 3.05) is 24.7 Å². The highest BCUT2D eigenvalue weighted by Crippen LogP contribution is 2.51. The average Bonchev–Trinajstić information content (AvgIpc) is 3.26. The summed E-state index contributed by atoms with van der Waals surface area (Å²) in [5.74, 6) is -0.775. The predicted octanol–water partition coefficient (Wildman–Crippen LogP) is 1.26. The SMILES string of the molecule is C[C@@]1(N(CCO)C(=O)C2(c3ccccc3F)CC2)CCS(=O)(=O)C1. The third-order valence-corrected chi connectivity index (χ3v) is 7.14. The molecule has 1 saturated heterocycles. The first-order chi connectivity index (χ1) is 11.2. The van der Waals surface area contributed by atoms with Crippen LogP contribution in [0.1, 0.15) is 31.7 Å². The average molecular weight is 355 g/mol. The summed E-state index contributed by atoms with van der Waals surface area (Å²) in [6, 6.07) is 6.23. The first-order valence-electron chi connectivity index (χ1n) is 8.13. The van der Waals surface area contributed by atoms with E-state index in [2.05, 4.69) is 0 Å². The maximum absolute atomic E-state index is 14.2. The van der Waals surface area contributed by atoms with Gasteiger partial charge in [-0.15, -0.1) is 0 Å². The van der Waals surface area contributed by atoms with Gasteiger partial charge in [-0.05, 0) is 32.3 Å². The largest absolute Gasteiger partial charge is 0.395 e. The molecule has 0 bridgehead atoms. The van der Waals surface area contributed by atoms with Gasteiger partial charge in [-0.3, -0.25) is 4.79 Å². The number of rotatable bonds is 5. The third kappa shape index (κ3) is 2.84. The van der Waals surface area contributed by atoms with Crippen molar-refractivity contribution in [3.63, 3.8) is 0 Å². The van der Waals surface area contributed by atoms with E-state index >= 15 is 0 Å². The number of aliphatic hydroxyl groups is 1. The van der Waals surface area contributed by atoms with Crippen LogP contribution in [0.4, 0.5) is 4.39 Å². The molecule has 3 rings (SSSR count). The Morgan fingerprint density at radius 3 is 2.46 bits per heavy atom. The van der Waals surface area contributed by atoms with Crippen LogP contribution in [0.2, 0.25) is 0 Å². The van der Waals surface area contributed by atoms with Gasteiger partial charge in [-0.1, -0.05) is 18.2 Å². The summed E-state index contributed by atoms with van der Waals surface area (Å²) in [6.45, 7) is 1.54. The van der Waals surface area contributed by atoms with Crippen molar-refractivity contribution in [3.8, 4) is 0 Å². The topological polar surface area (TPSA) is 74.7 Å². The molecule has 24 heavy (non-hydrogen) atoms. The van der Waals surface area contributed by atoms with E-state index in [4.69, 9.17) is 0 Å². The molecule has 2 aliphatic rings. The summed E-state index contributed by atoms with van der Waals surface area (Å²) in [7, 11) is -3.20. The number of aliphatic hydroxyl groups excluding tert-OH is 1. The fraction of sp³-hybridized carbons (Fsp3) is 0.588. The van der Waals surface area contributed by atoms with Gasteiger partial charge in [0.05, 0.1) is 29.1 Å². The molecule has 7 heteroatoms. The third-order valence-electron chi connectivity index (χ3n) is 5.25. The molecule has 5 nitrogen and oxygen atoms in total. The fourth-order valence-electron chi connectivity index (χ4n) is 3.75. The van der Waals surface area contributed by atoms with E-state index in [0.29, 0.717) is 24.8 Å². The minimum absolute atomic E-state index is 0.0331. The zero-order valence-electron chi connectivity index (χ0n) is 13.7. The highest BCUT2D eigenvalue weighted by Gasteiger charge is 2.57. The van der Waals surface area contributed by atoms with Crippen LogP contribution in [0.3, 0.4) is 0 Å². The van der Waals surface area contributed by atoms with Gasteiger partial charge in [-0.25, -0.2) is 12.8 Å². The molecule has 0 spiro atoms. The molecule has 1 aliphatic heterocycles. The predicted molar refractivity (Wildman–Crippen MR) is 87.8 cm³/mol. The van der Waals surface area contributed by atoms with Crippen LogP contribution in [-0.2, 0) is 20.0 Å². The van der Waals surface area contributed by atoms with Gasteiger partial charge in [-0.2, -0.15) is 0 Å². The van der Waals surface area contributed by atoms with Gasteiger partial charge in [0.1, 0.15) is 5.82 Å². The number of halogens is 1. The number of nitrogens with zero attached hydrogens (tertiary/aromatic N) is 1. The van der Waals surface area contributed by atoms with E-state index in [1.807, 2.05) is 0 Å². The Morgan fingerprint density at radius 1 is 1.29 bits per heavy atom. The first kappa shape index (κ1) is 17.4. The number of carbonyl (C=O) groups is 1. The molecule has 132 valence electrons. The van der Waals surface area contributed by atoms with E-state index in [1.165, 1.54) is 11.0 Å². The van der Waals surface area contributed by atoms with Crippen molar-refractivity contribution in [2.45, 2.75) is 37.1 Å². The van der Waals surface area contributed by atoms with Crippen molar-refractivity contribution in [1.29, 1.82) is 0 Å². The lowest BCUT2D eigenvalue weighted by Gasteiger charge is -2.39. The smallest absolute Gasteiger partial charge is 0.233 e. The fourth-order valence-corrected chi connectivity index (χ4v) is 5.90. The summed E-state index contributed by atoms with van der Waals surface area (Å²) in [5.41, 5.74) is -1.41. The van der Waals surface area contributed by atoms with Crippen LogP contribution < -0.4 is 0 Å². The van der Waals surface area contributed by atoms with E-state index in [9.17, 15) is 22.7 Å². The van der Waals surface area contributed by atoms with Crippen LogP contribution in [0.15, 0.2) is 24.3 Å². The van der Waals surface area contributed by atoms with Crippen LogP contribution in [0.5, 0.6) is 0 Å². The quantitative estimate of drug-likeness (QED) is 0.863. The van der Waals surface area contributed by atoms with E-state index in [1.54, 1.807) is 25.1 Å². The molecular weight excluding hydrogens is 333 g/mol. The van der Waals surface area contributed by atoms with Crippen LogP contribution in [-0.4, -0.2) is 54.5 Å². The highest BCUT2D eigenvalue weighted by atomic mass is 32.2. The molecule has 0 aromatic heterocycles. The maximum atomic E-state index is 14.2. The minimum Gasteiger partial charge on any atom is -0.395 e. The molecule has 0 unspecified atom stereocenters. The van der Waals surface area contributed by atoms with Crippen molar-refractivity contribution < 1.29 is 22.7 Å². The maximum Gasteiger partial charge on any atom is 0.233 e. The lowest BCUT2D eigenvalue weighted by molar-refractivity contribution is -0.140. The molecule has 1 N–H and O–H groups in total. The molecule has 1 aromatic carbocycles. The number of sulfone groups is 1. The molecule has 1 saturated carbocycles. The zero-order chi connectivity index (χ0) is 17.6. The normalized spacial score (nSPS) is 27.0. The molecule has 1 heterocycles. The second kappa shape index (κ2) is 5.81. The molecule has 1 aliphatic carbocycles. The Balaban J connectivity index is 1.95. The lowest BCUT2D eigenvalue weighted by atomic mass is 9.90. The standard InChI is InChI=1S/C17H22FNO4S/c1-16(8-11-24(22,23)12-16)19(9-10-20)15(21)17(6-7-17)13-4-2-3-5-14(13)18/h2-5,20H,6-12H2,1H3/t16-/m1/s1. The summed E-state index contributed by atoms with van der Waals surface area (Å²) in [5, 5.41) is 9.38. The lowest BCUT2D eigenvalue weighted by Crippen LogP contribution is -2.55. The molecular formula is C17H22FNO4S. The second-order valence-corrected chi connectivity index (χ2v) is 9.27. The van der Waals surface area contributed by atoms with Crippen molar-refractivity contribution >= 4 is 15.7 Å². The van der Waals surface area contributed by atoms with Crippen LogP contribution >= 0.6 is 0 Å². The Morgan fingerprint density at radius 2 is 1.96 bits per heavy atom. The zero-order valence-corrected chi connectivity index (χ0v) is 14.5. The Kier molecular flexibility index (Phi) is 4.20. The van der Waals surface area contributed by atoms with Gasteiger partial charge < -0.3 is 10.0 Å². The van der Waals surface area contributed by atoms with Gasteiger partial charge in [0, 0.05) is 12.1 Å². The first-order valence-corrected chi connectivity index (χ1v) is 9.95. The number of benzene rings is 1. The summed E-state index contributed by atoms with van der Waals surface area (Å²) in [4.78, 5) is 14.7. The summed E-state index contributed by atoms with van der Waals surface area (Å²) in [6.07, 6.45) is 1.42. The Hall–Kier alpha value is -1.47. The number of carbonyl (C=O) groups excluding carboxylic acids is 1. The number of hydrogen-bond donors (Lipinski definition) is 1. The summed E-state index contributed by atoms with van der Waals surface area (Å²) < 4.78 is 38.0. The number of hydrogen-bond acceptors (Lipinski definition) is 4. The van der Waals surface area contributed by atoms with Gasteiger partial charge in [0.2, 0.25) is 5.91 Å². The van der Waals surface area contributed by atoms with Gasteiger partial charge >= 0.3 is 0 Å². The van der Waals surface area contributed by atoms with Crippen molar-refractivity contribution in [1.82, 2.24) is 4.90 Å². The number of amides is 1. The van der Waals surface area contributed by atoms with Crippen LogP contribution in [0.25, 0.3) is 0 Å². The van der Waals surface area contributed by atoms with Crippen LogP contribution in [0, 0.1) is 5.82 Å². The second-order valence-electron chi connectivity index (χ2n) is 7.08. The molecule has 2 fully saturated rings. The Labute approximate surface area is 141 Å². The highest BCUT2D eigenvalue weighted by molar-refractivity contribution is 7.91. The molecule has 0 radical (unpaired) electrons. The van der Waals surface area contributed by atoms with Crippen molar-refractivity contribution in [3.05, 3.63) is 35.6 Å².